The zero-order chi connectivity index (χ0) is 23.4. The highest BCUT2D eigenvalue weighted by Gasteiger charge is 2.42. The van der Waals surface area contributed by atoms with Crippen LogP contribution in [0, 0.1) is 0 Å². The van der Waals surface area contributed by atoms with Gasteiger partial charge in [-0.25, -0.2) is 9.59 Å². The molecule has 1 fully saturated rings. The SMILES string of the molecule is COc1cc(C(=O)OC[C@H]2OC(C)[C@H](O)[C@@H](O)[C@@H]2O)cc(Cl)c1OC(=O)c1ccccc1. The number of esters is 2. The van der Waals surface area contributed by atoms with Crippen LogP contribution in [0.5, 0.6) is 11.5 Å². The molecule has 32 heavy (non-hydrogen) atoms. The second-order valence-corrected chi connectivity index (χ2v) is 7.60. The summed E-state index contributed by atoms with van der Waals surface area (Å²) in [5.41, 5.74) is 0.312. The molecule has 1 heterocycles. The molecule has 2 aromatic rings. The van der Waals surface area contributed by atoms with Crippen molar-refractivity contribution in [2.45, 2.75) is 37.4 Å². The van der Waals surface area contributed by atoms with E-state index in [0.717, 1.165) is 0 Å². The van der Waals surface area contributed by atoms with Crippen molar-refractivity contribution in [2.24, 2.45) is 0 Å². The van der Waals surface area contributed by atoms with Crippen LogP contribution < -0.4 is 9.47 Å². The van der Waals surface area contributed by atoms with Gasteiger partial charge >= 0.3 is 11.9 Å². The Labute approximate surface area is 189 Å². The lowest BCUT2D eigenvalue weighted by Gasteiger charge is -2.38. The molecular weight excluding hydrogens is 444 g/mol. The Morgan fingerprint density at radius 3 is 2.34 bits per heavy atom. The third-order valence-electron chi connectivity index (χ3n) is 5.00. The highest BCUT2D eigenvalue weighted by molar-refractivity contribution is 6.32. The molecule has 1 aliphatic rings. The first-order valence-corrected chi connectivity index (χ1v) is 10.1. The van der Waals surface area contributed by atoms with Gasteiger partial charge < -0.3 is 34.3 Å². The Morgan fingerprint density at radius 1 is 1.00 bits per heavy atom. The fraction of sp³-hybridized carbons (Fsp3) is 0.364. The van der Waals surface area contributed by atoms with E-state index in [4.69, 9.17) is 30.5 Å². The average molecular weight is 467 g/mol. The zero-order valence-electron chi connectivity index (χ0n) is 17.3. The van der Waals surface area contributed by atoms with Crippen LogP contribution in [0.2, 0.25) is 5.02 Å². The van der Waals surface area contributed by atoms with Crippen molar-refractivity contribution in [2.75, 3.05) is 13.7 Å². The number of ether oxygens (including phenoxy) is 4. The summed E-state index contributed by atoms with van der Waals surface area (Å²) >= 11 is 6.22. The van der Waals surface area contributed by atoms with Crippen LogP contribution in [0.1, 0.15) is 27.6 Å². The molecule has 1 aliphatic heterocycles. The predicted octanol–water partition coefficient (Wildman–Crippen LogP) is 1.59. The van der Waals surface area contributed by atoms with Crippen molar-refractivity contribution in [1.29, 1.82) is 0 Å². The van der Waals surface area contributed by atoms with Crippen LogP contribution in [0.15, 0.2) is 42.5 Å². The van der Waals surface area contributed by atoms with E-state index in [1.807, 2.05) is 0 Å². The maximum atomic E-state index is 12.5. The summed E-state index contributed by atoms with van der Waals surface area (Å²) in [6, 6.07) is 10.8. The molecule has 0 bridgehead atoms. The number of aliphatic hydroxyl groups excluding tert-OH is 3. The van der Waals surface area contributed by atoms with Gasteiger partial charge in [0.25, 0.3) is 0 Å². The quantitative estimate of drug-likeness (QED) is 0.429. The number of carbonyl (C=O) groups is 2. The fourth-order valence-electron chi connectivity index (χ4n) is 3.18. The maximum Gasteiger partial charge on any atom is 0.343 e. The zero-order valence-corrected chi connectivity index (χ0v) is 18.1. The summed E-state index contributed by atoms with van der Waals surface area (Å²) < 4.78 is 21.1. The van der Waals surface area contributed by atoms with Crippen molar-refractivity contribution in [3.05, 3.63) is 58.6 Å². The van der Waals surface area contributed by atoms with Crippen LogP contribution in [-0.4, -0.2) is 71.5 Å². The number of halogens is 1. The highest BCUT2D eigenvalue weighted by Crippen LogP contribution is 2.37. The topological polar surface area (TPSA) is 132 Å². The van der Waals surface area contributed by atoms with Gasteiger partial charge in [0.1, 0.15) is 31.0 Å². The lowest BCUT2D eigenvalue weighted by atomic mass is 9.96. The van der Waals surface area contributed by atoms with Gasteiger partial charge in [0.05, 0.1) is 29.4 Å². The number of benzene rings is 2. The van der Waals surface area contributed by atoms with E-state index in [0.29, 0.717) is 5.56 Å². The van der Waals surface area contributed by atoms with Crippen molar-refractivity contribution < 1.29 is 43.9 Å². The van der Waals surface area contributed by atoms with E-state index in [2.05, 4.69) is 0 Å². The second-order valence-electron chi connectivity index (χ2n) is 7.19. The molecule has 1 saturated heterocycles. The largest absolute Gasteiger partial charge is 0.493 e. The number of carbonyl (C=O) groups excluding carboxylic acids is 2. The summed E-state index contributed by atoms with van der Waals surface area (Å²) in [4.78, 5) is 24.8. The van der Waals surface area contributed by atoms with Gasteiger partial charge in [-0.3, -0.25) is 0 Å². The maximum absolute atomic E-state index is 12.5. The van der Waals surface area contributed by atoms with E-state index < -0.39 is 42.5 Å². The minimum absolute atomic E-state index is 0.00490. The van der Waals surface area contributed by atoms with E-state index in [9.17, 15) is 24.9 Å². The van der Waals surface area contributed by atoms with E-state index >= 15 is 0 Å². The Balaban J connectivity index is 1.71. The Kier molecular flexibility index (Phi) is 7.70. The minimum Gasteiger partial charge on any atom is -0.493 e. The van der Waals surface area contributed by atoms with Crippen LogP contribution >= 0.6 is 11.6 Å². The molecule has 172 valence electrons. The molecule has 10 heteroatoms. The first kappa shape index (κ1) is 24.0. The van der Waals surface area contributed by atoms with E-state index in [1.54, 1.807) is 30.3 Å². The Morgan fingerprint density at radius 2 is 1.69 bits per heavy atom. The minimum atomic E-state index is -1.44. The Bertz CT molecular complexity index is 965. The molecule has 0 saturated carbocycles. The van der Waals surface area contributed by atoms with Gasteiger partial charge in [0, 0.05) is 0 Å². The van der Waals surface area contributed by atoms with Gasteiger partial charge in [0.15, 0.2) is 11.5 Å². The van der Waals surface area contributed by atoms with Gasteiger partial charge in [0.2, 0.25) is 0 Å². The number of rotatable bonds is 6. The van der Waals surface area contributed by atoms with Crippen LogP contribution in [0.25, 0.3) is 0 Å². The lowest BCUT2D eigenvalue weighted by Crippen LogP contribution is -2.57. The molecule has 2 aromatic carbocycles. The van der Waals surface area contributed by atoms with Crippen molar-refractivity contribution in [3.8, 4) is 11.5 Å². The standard InChI is InChI=1S/C22H23ClO9/c1-11-17(24)19(26)18(25)16(31-11)10-30-21(27)13-8-14(23)20(15(9-13)29-2)32-22(28)12-6-4-3-5-7-12/h3-9,11,16-19,24-26H,10H2,1-2H3/t11?,16-,17+,18-,19-/m1/s1. The monoisotopic (exact) mass is 466 g/mol. The molecule has 9 nitrogen and oxygen atoms in total. The van der Waals surface area contributed by atoms with Gasteiger partial charge in [-0.1, -0.05) is 29.8 Å². The first-order valence-electron chi connectivity index (χ1n) is 9.74. The number of hydrogen-bond acceptors (Lipinski definition) is 9. The Hall–Kier alpha value is -2.69. The normalized spacial score (nSPS) is 25.1. The lowest BCUT2D eigenvalue weighted by molar-refractivity contribution is -0.224. The molecule has 0 amide bonds. The summed E-state index contributed by atoms with van der Waals surface area (Å²) in [5.74, 6) is -1.49. The van der Waals surface area contributed by atoms with Gasteiger partial charge in [-0.05, 0) is 31.2 Å². The summed E-state index contributed by atoms with van der Waals surface area (Å²) in [6.07, 6.45) is -5.92. The van der Waals surface area contributed by atoms with Crippen LogP contribution in [0.3, 0.4) is 0 Å². The van der Waals surface area contributed by atoms with Crippen molar-refractivity contribution >= 4 is 23.5 Å². The smallest absolute Gasteiger partial charge is 0.343 e. The highest BCUT2D eigenvalue weighted by atomic mass is 35.5. The number of hydrogen-bond donors (Lipinski definition) is 3. The second kappa shape index (κ2) is 10.3. The molecular formula is C22H23ClO9. The van der Waals surface area contributed by atoms with E-state index in [-0.39, 0.29) is 28.7 Å². The van der Waals surface area contributed by atoms with Crippen LogP contribution in [0.4, 0.5) is 0 Å². The summed E-state index contributed by atoms with van der Waals surface area (Å²) in [7, 11) is 1.32. The number of aliphatic hydroxyl groups is 3. The molecule has 0 aliphatic carbocycles. The molecule has 0 radical (unpaired) electrons. The van der Waals surface area contributed by atoms with Crippen molar-refractivity contribution in [1.82, 2.24) is 0 Å². The molecule has 0 spiro atoms. The molecule has 3 rings (SSSR count). The molecule has 3 N–H and O–H groups in total. The fourth-order valence-corrected chi connectivity index (χ4v) is 3.43. The van der Waals surface area contributed by atoms with Gasteiger partial charge in [-0.2, -0.15) is 0 Å². The first-order chi connectivity index (χ1) is 15.2. The third kappa shape index (κ3) is 5.20. The molecule has 0 aromatic heterocycles. The van der Waals surface area contributed by atoms with Crippen molar-refractivity contribution in [3.63, 3.8) is 0 Å². The summed E-state index contributed by atoms with van der Waals surface area (Å²) in [6.45, 7) is 1.15. The van der Waals surface area contributed by atoms with Crippen LogP contribution in [-0.2, 0) is 9.47 Å². The van der Waals surface area contributed by atoms with Gasteiger partial charge in [-0.15, -0.1) is 0 Å². The predicted molar refractivity (Wildman–Crippen MR) is 112 cm³/mol. The average Bonchev–Trinajstić information content (AvgIpc) is 2.80. The summed E-state index contributed by atoms with van der Waals surface area (Å²) in [5, 5.41) is 29.6. The third-order valence-corrected chi connectivity index (χ3v) is 5.28. The number of methoxy groups -OCH3 is 1. The molecule has 5 atom stereocenters. The molecule has 1 unspecified atom stereocenters. The van der Waals surface area contributed by atoms with E-state index in [1.165, 1.54) is 26.2 Å².